The molecule has 0 bridgehead atoms. The van der Waals surface area contributed by atoms with E-state index in [0.29, 0.717) is 11.7 Å². The Morgan fingerprint density at radius 3 is 2.81 bits per heavy atom. The molecule has 1 saturated heterocycles. The summed E-state index contributed by atoms with van der Waals surface area (Å²) in [6.45, 7) is 2.77. The van der Waals surface area contributed by atoms with Gasteiger partial charge in [-0.15, -0.1) is 0 Å². The summed E-state index contributed by atoms with van der Waals surface area (Å²) < 4.78 is 2.39. The third-order valence-electron chi connectivity index (χ3n) is 5.89. The zero-order chi connectivity index (χ0) is 17.8. The maximum atomic E-state index is 12.8. The summed E-state index contributed by atoms with van der Waals surface area (Å²) in [6.07, 6.45) is 14.3. The zero-order valence-electron chi connectivity index (χ0n) is 15.4. The predicted molar refractivity (Wildman–Crippen MR) is 101 cm³/mol. The molecule has 0 N–H and O–H groups in total. The van der Waals surface area contributed by atoms with E-state index < -0.39 is 0 Å². The number of hydrogen-bond donors (Lipinski definition) is 0. The molecule has 0 unspecified atom stereocenters. The van der Waals surface area contributed by atoms with E-state index in [9.17, 15) is 4.79 Å². The first-order valence-corrected chi connectivity index (χ1v) is 9.99. The topological polar surface area (TPSA) is 51.0 Å². The van der Waals surface area contributed by atoms with Crippen LogP contribution in [0, 0.1) is 5.92 Å². The van der Waals surface area contributed by atoms with Gasteiger partial charge in [-0.05, 0) is 44.4 Å². The smallest absolute Gasteiger partial charge is 0.185 e. The van der Waals surface area contributed by atoms with Gasteiger partial charge in [-0.3, -0.25) is 14.7 Å². The van der Waals surface area contributed by atoms with Gasteiger partial charge in [0, 0.05) is 37.4 Å². The van der Waals surface area contributed by atoms with Crippen molar-refractivity contribution in [2.24, 2.45) is 5.92 Å². The van der Waals surface area contributed by atoms with Crippen molar-refractivity contribution < 1.29 is 4.79 Å². The predicted octanol–water partition coefficient (Wildman–Crippen LogP) is 3.88. The van der Waals surface area contributed by atoms with E-state index in [0.717, 1.165) is 32.5 Å². The van der Waals surface area contributed by atoms with Gasteiger partial charge in [0.2, 0.25) is 0 Å². The minimum absolute atomic E-state index is 0.0599. The van der Waals surface area contributed by atoms with Crippen LogP contribution >= 0.6 is 0 Å². The van der Waals surface area contributed by atoms with Gasteiger partial charge in [0.05, 0.1) is 12.0 Å². The summed E-state index contributed by atoms with van der Waals surface area (Å²) in [5.74, 6) is 0.251. The molecule has 1 atom stereocenters. The van der Waals surface area contributed by atoms with Gasteiger partial charge in [-0.1, -0.05) is 25.3 Å². The van der Waals surface area contributed by atoms with E-state index in [-0.39, 0.29) is 11.7 Å². The average molecular weight is 352 g/mol. The normalized spacial score (nSPS) is 22.4. The molecule has 0 spiro atoms. The second-order valence-electron chi connectivity index (χ2n) is 7.74. The molecule has 5 heteroatoms. The van der Waals surface area contributed by atoms with Crippen molar-refractivity contribution >= 4 is 5.78 Å². The van der Waals surface area contributed by atoms with Crippen molar-refractivity contribution in [2.45, 2.75) is 57.5 Å². The summed E-state index contributed by atoms with van der Waals surface area (Å²) in [6, 6.07) is 6.19. The number of rotatable bonds is 5. The lowest BCUT2D eigenvalue weighted by Crippen LogP contribution is -2.39. The number of likely N-dealkylation sites (tertiary alicyclic amines) is 1. The van der Waals surface area contributed by atoms with Crippen molar-refractivity contribution in [3.8, 4) is 0 Å². The van der Waals surface area contributed by atoms with Gasteiger partial charge in [0.25, 0.3) is 0 Å². The highest BCUT2D eigenvalue weighted by atomic mass is 16.1. The van der Waals surface area contributed by atoms with E-state index >= 15 is 0 Å². The van der Waals surface area contributed by atoms with Crippen molar-refractivity contribution in [2.75, 3.05) is 13.1 Å². The van der Waals surface area contributed by atoms with Crippen LogP contribution in [0.1, 0.15) is 67.2 Å². The van der Waals surface area contributed by atoms with Crippen molar-refractivity contribution in [3.05, 3.63) is 48.3 Å². The molecule has 3 heterocycles. The standard InChI is InChI=1S/C21H28N4O/c26-21(20-10-4-5-11-23-20)17-7-6-12-24(14-17)15-19-13-22-16-25(19)18-8-2-1-3-9-18/h4-5,10-11,13,16-18H,1-3,6-9,12,14-15H2/t17-/m1/s1. The van der Waals surface area contributed by atoms with E-state index in [1.165, 1.54) is 37.8 Å². The summed E-state index contributed by atoms with van der Waals surface area (Å²) >= 11 is 0. The number of nitrogens with zero attached hydrogens (tertiary/aromatic N) is 4. The molecule has 2 aromatic rings. The second-order valence-corrected chi connectivity index (χ2v) is 7.74. The highest BCUT2D eigenvalue weighted by molar-refractivity contribution is 5.96. The van der Waals surface area contributed by atoms with Gasteiger partial charge in [-0.25, -0.2) is 4.98 Å². The molecule has 0 amide bonds. The molecule has 1 saturated carbocycles. The molecule has 0 radical (unpaired) electrons. The van der Waals surface area contributed by atoms with E-state index in [1.54, 1.807) is 6.20 Å². The van der Waals surface area contributed by atoms with Gasteiger partial charge in [0.1, 0.15) is 5.69 Å². The minimum Gasteiger partial charge on any atom is -0.330 e. The van der Waals surface area contributed by atoms with Crippen LogP contribution in [-0.2, 0) is 6.54 Å². The monoisotopic (exact) mass is 352 g/mol. The summed E-state index contributed by atoms with van der Waals surface area (Å²) in [5, 5.41) is 0. The largest absolute Gasteiger partial charge is 0.330 e. The molecule has 2 aliphatic rings. The zero-order valence-corrected chi connectivity index (χ0v) is 15.4. The Kier molecular flexibility index (Phi) is 5.44. The number of pyridine rings is 1. The molecule has 5 nitrogen and oxygen atoms in total. The number of imidazole rings is 1. The second kappa shape index (κ2) is 8.12. The van der Waals surface area contributed by atoms with Crippen LogP contribution in [0.25, 0.3) is 0 Å². The lowest BCUT2D eigenvalue weighted by Gasteiger charge is -2.33. The van der Waals surface area contributed by atoms with Crippen LogP contribution in [0.4, 0.5) is 0 Å². The SMILES string of the molecule is O=C(c1ccccn1)[C@@H]1CCCN(Cc2cncn2C2CCCCC2)C1. The quantitative estimate of drug-likeness (QED) is 0.766. The van der Waals surface area contributed by atoms with E-state index in [2.05, 4.69) is 19.4 Å². The Hall–Kier alpha value is -2.01. The van der Waals surface area contributed by atoms with Crippen LogP contribution in [-0.4, -0.2) is 38.3 Å². The van der Waals surface area contributed by atoms with Crippen LogP contribution in [0.2, 0.25) is 0 Å². The molecule has 138 valence electrons. The molecule has 2 aromatic heterocycles. The number of carbonyl (C=O) groups is 1. The first-order valence-electron chi connectivity index (χ1n) is 9.99. The molecule has 1 aliphatic heterocycles. The van der Waals surface area contributed by atoms with Crippen LogP contribution in [0.15, 0.2) is 36.9 Å². The average Bonchev–Trinajstić information content (AvgIpc) is 3.17. The van der Waals surface area contributed by atoms with Gasteiger partial charge < -0.3 is 4.57 Å². The Morgan fingerprint density at radius 1 is 1.12 bits per heavy atom. The number of piperidine rings is 1. The van der Waals surface area contributed by atoms with Gasteiger partial charge in [0.15, 0.2) is 5.78 Å². The fraction of sp³-hybridized carbons (Fsp3) is 0.571. The van der Waals surface area contributed by atoms with Crippen LogP contribution in [0.3, 0.4) is 0 Å². The number of ketones is 1. The molecular weight excluding hydrogens is 324 g/mol. The summed E-state index contributed by atoms with van der Waals surface area (Å²) in [4.78, 5) is 23.8. The number of hydrogen-bond acceptors (Lipinski definition) is 4. The van der Waals surface area contributed by atoms with Crippen molar-refractivity contribution in [1.82, 2.24) is 19.4 Å². The van der Waals surface area contributed by atoms with Crippen LogP contribution < -0.4 is 0 Å². The highest BCUT2D eigenvalue weighted by Crippen LogP contribution is 2.30. The lowest BCUT2D eigenvalue weighted by atomic mass is 9.91. The Balaban J connectivity index is 1.41. The third-order valence-corrected chi connectivity index (χ3v) is 5.89. The minimum atomic E-state index is 0.0599. The van der Waals surface area contributed by atoms with E-state index in [1.807, 2.05) is 30.7 Å². The van der Waals surface area contributed by atoms with Crippen molar-refractivity contribution in [1.29, 1.82) is 0 Å². The Bertz CT molecular complexity index is 721. The van der Waals surface area contributed by atoms with Gasteiger partial charge >= 0.3 is 0 Å². The Labute approximate surface area is 155 Å². The third kappa shape index (κ3) is 3.88. The molecule has 1 aliphatic carbocycles. The lowest BCUT2D eigenvalue weighted by molar-refractivity contribution is 0.0802. The molecule has 26 heavy (non-hydrogen) atoms. The maximum absolute atomic E-state index is 12.8. The fourth-order valence-corrected chi connectivity index (χ4v) is 4.50. The molecule has 4 rings (SSSR count). The fourth-order valence-electron chi connectivity index (χ4n) is 4.50. The molecular formula is C21H28N4O. The number of carbonyl (C=O) groups excluding carboxylic acids is 1. The highest BCUT2D eigenvalue weighted by Gasteiger charge is 2.28. The molecule has 0 aromatic carbocycles. The van der Waals surface area contributed by atoms with Crippen molar-refractivity contribution in [3.63, 3.8) is 0 Å². The van der Waals surface area contributed by atoms with Crippen LogP contribution in [0.5, 0.6) is 0 Å². The molecule has 2 fully saturated rings. The number of Topliss-reactive ketones (excluding diaryl/α,β-unsaturated/α-hetero) is 1. The van der Waals surface area contributed by atoms with Gasteiger partial charge in [-0.2, -0.15) is 0 Å². The maximum Gasteiger partial charge on any atom is 0.185 e. The summed E-state index contributed by atoms with van der Waals surface area (Å²) in [5.41, 5.74) is 1.90. The summed E-state index contributed by atoms with van der Waals surface area (Å²) in [7, 11) is 0. The van der Waals surface area contributed by atoms with E-state index in [4.69, 9.17) is 0 Å². The number of aromatic nitrogens is 3. The first kappa shape index (κ1) is 17.4. The first-order chi connectivity index (χ1) is 12.8. The Morgan fingerprint density at radius 2 is 2.00 bits per heavy atom.